The zero-order chi connectivity index (χ0) is 13.0. The number of nitrogens with zero attached hydrogens (tertiary/aromatic N) is 2. The van der Waals surface area contributed by atoms with Gasteiger partial charge in [-0.25, -0.2) is 0 Å². The van der Waals surface area contributed by atoms with Gasteiger partial charge in [0.2, 0.25) is 0 Å². The van der Waals surface area contributed by atoms with E-state index in [0.717, 1.165) is 25.8 Å². The largest absolute Gasteiger partial charge is 0.334 e. The molecule has 1 aliphatic rings. The van der Waals surface area contributed by atoms with Crippen LogP contribution in [0.5, 0.6) is 0 Å². The number of halogens is 1. The Balaban J connectivity index is 2.19. The van der Waals surface area contributed by atoms with E-state index in [0.29, 0.717) is 16.8 Å². The smallest absolute Gasteiger partial charge is 0.272 e. The third-order valence-electron chi connectivity index (χ3n) is 3.55. The number of pyridine rings is 1. The molecule has 0 spiro atoms. The van der Waals surface area contributed by atoms with Crippen LogP contribution >= 0.6 is 11.6 Å². The number of hydrogen-bond acceptors (Lipinski definition) is 2. The van der Waals surface area contributed by atoms with Crippen LogP contribution in [0.1, 0.15) is 49.5 Å². The number of carbonyl (C=O) groups excluding carboxylic acids is 1. The van der Waals surface area contributed by atoms with E-state index in [-0.39, 0.29) is 5.91 Å². The van der Waals surface area contributed by atoms with Gasteiger partial charge in [0.25, 0.3) is 5.91 Å². The highest BCUT2D eigenvalue weighted by atomic mass is 35.5. The molecule has 0 N–H and O–H groups in total. The van der Waals surface area contributed by atoms with E-state index in [1.54, 1.807) is 18.3 Å². The predicted octanol–water partition coefficient (Wildman–Crippen LogP) is 3.53. The maximum absolute atomic E-state index is 12.5. The molecule has 1 fully saturated rings. The topological polar surface area (TPSA) is 33.2 Å². The van der Waals surface area contributed by atoms with Crippen molar-refractivity contribution >= 4 is 17.5 Å². The third-order valence-corrected chi connectivity index (χ3v) is 3.79. The lowest BCUT2D eigenvalue weighted by molar-refractivity contribution is 0.0672. The summed E-state index contributed by atoms with van der Waals surface area (Å²) in [5.74, 6) is 0.0197. The van der Waals surface area contributed by atoms with E-state index in [1.807, 2.05) is 4.90 Å². The first-order chi connectivity index (χ1) is 8.72. The van der Waals surface area contributed by atoms with Gasteiger partial charge in [-0.3, -0.25) is 9.78 Å². The fourth-order valence-electron chi connectivity index (χ4n) is 2.54. The van der Waals surface area contributed by atoms with Gasteiger partial charge in [0.1, 0.15) is 5.69 Å². The van der Waals surface area contributed by atoms with Crippen LogP contribution in [-0.2, 0) is 0 Å². The third kappa shape index (κ3) is 3.02. The minimum Gasteiger partial charge on any atom is -0.334 e. The lowest BCUT2D eigenvalue weighted by Gasteiger charge is -2.29. The molecular formula is C14H19ClN2O. The summed E-state index contributed by atoms with van der Waals surface area (Å²) in [7, 11) is 0. The average molecular weight is 267 g/mol. The standard InChI is InChI=1S/C14H19ClN2O/c1-2-12-6-4-3-5-9-17(12)14(18)13-10-11(15)7-8-16-13/h7-8,10,12H,2-6,9H2,1H3. The van der Waals surface area contributed by atoms with Gasteiger partial charge >= 0.3 is 0 Å². The van der Waals surface area contributed by atoms with Crippen molar-refractivity contribution in [2.45, 2.75) is 45.1 Å². The molecule has 1 saturated heterocycles. The number of amides is 1. The molecule has 4 heteroatoms. The molecular weight excluding hydrogens is 248 g/mol. The van der Waals surface area contributed by atoms with Crippen molar-refractivity contribution < 1.29 is 4.79 Å². The molecule has 2 heterocycles. The molecule has 1 aromatic heterocycles. The number of aromatic nitrogens is 1. The van der Waals surface area contributed by atoms with Crippen LogP contribution in [0.3, 0.4) is 0 Å². The zero-order valence-electron chi connectivity index (χ0n) is 10.7. The first-order valence-corrected chi connectivity index (χ1v) is 7.02. The van der Waals surface area contributed by atoms with Gasteiger partial charge in [-0.1, -0.05) is 31.4 Å². The molecule has 0 aromatic carbocycles. The van der Waals surface area contributed by atoms with Gasteiger partial charge < -0.3 is 4.90 Å². The van der Waals surface area contributed by atoms with Crippen LogP contribution in [0.4, 0.5) is 0 Å². The van der Waals surface area contributed by atoms with Crippen molar-refractivity contribution in [3.8, 4) is 0 Å². The van der Waals surface area contributed by atoms with E-state index in [2.05, 4.69) is 11.9 Å². The van der Waals surface area contributed by atoms with Crippen LogP contribution in [0, 0.1) is 0 Å². The maximum Gasteiger partial charge on any atom is 0.272 e. The molecule has 1 unspecified atom stereocenters. The molecule has 0 bridgehead atoms. The van der Waals surface area contributed by atoms with Crippen molar-refractivity contribution in [1.29, 1.82) is 0 Å². The second-order valence-corrected chi connectivity index (χ2v) is 5.21. The Labute approximate surface area is 113 Å². The molecule has 18 heavy (non-hydrogen) atoms. The molecule has 2 rings (SSSR count). The van der Waals surface area contributed by atoms with E-state index in [9.17, 15) is 4.79 Å². The van der Waals surface area contributed by atoms with Crippen molar-refractivity contribution in [3.63, 3.8) is 0 Å². The molecule has 0 aliphatic carbocycles. The molecule has 0 radical (unpaired) electrons. The highest BCUT2D eigenvalue weighted by Crippen LogP contribution is 2.21. The van der Waals surface area contributed by atoms with Gasteiger partial charge in [-0.2, -0.15) is 0 Å². The van der Waals surface area contributed by atoms with E-state index in [1.165, 1.54) is 12.8 Å². The first-order valence-electron chi connectivity index (χ1n) is 6.65. The summed E-state index contributed by atoms with van der Waals surface area (Å²) in [6, 6.07) is 3.69. The van der Waals surface area contributed by atoms with Gasteiger partial charge in [0, 0.05) is 23.8 Å². The summed E-state index contributed by atoms with van der Waals surface area (Å²) in [5.41, 5.74) is 0.461. The molecule has 1 amide bonds. The second-order valence-electron chi connectivity index (χ2n) is 4.77. The lowest BCUT2D eigenvalue weighted by atomic mass is 10.1. The summed E-state index contributed by atoms with van der Waals surface area (Å²) >= 11 is 5.92. The minimum atomic E-state index is 0.0197. The van der Waals surface area contributed by atoms with Crippen LogP contribution in [-0.4, -0.2) is 28.4 Å². The SMILES string of the molecule is CCC1CCCCCN1C(=O)c1cc(Cl)ccn1. The van der Waals surface area contributed by atoms with Crippen LogP contribution < -0.4 is 0 Å². The zero-order valence-corrected chi connectivity index (χ0v) is 11.5. The minimum absolute atomic E-state index is 0.0197. The summed E-state index contributed by atoms with van der Waals surface area (Å²) in [4.78, 5) is 18.6. The van der Waals surface area contributed by atoms with Crippen LogP contribution in [0.25, 0.3) is 0 Å². The van der Waals surface area contributed by atoms with Gasteiger partial charge in [0.05, 0.1) is 0 Å². The van der Waals surface area contributed by atoms with Crippen molar-refractivity contribution in [3.05, 3.63) is 29.0 Å². The molecule has 1 atom stereocenters. The molecule has 1 aromatic rings. The fraction of sp³-hybridized carbons (Fsp3) is 0.571. The number of carbonyl (C=O) groups is 1. The molecule has 98 valence electrons. The first kappa shape index (κ1) is 13.3. The van der Waals surface area contributed by atoms with Gasteiger partial charge in [0.15, 0.2) is 0 Å². The Bertz CT molecular complexity index is 422. The van der Waals surface area contributed by atoms with Crippen molar-refractivity contribution in [1.82, 2.24) is 9.88 Å². The molecule has 3 nitrogen and oxygen atoms in total. The van der Waals surface area contributed by atoms with Gasteiger partial charge in [-0.05, 0) is 31.4 Å². The Morgan fingerprint density at radius 2 is 2.33 bits per heavy atom. The fourth-order valence-corrected chi connectivity index (χ4v) is 2.70. The number of rotatable bonds is 2. The molecule has 0 saturated carbocycles. The highest BCUT2D eigenvalue weighted by Gasteiger charge is 2.25. The predicted molar refractivity (Wildman–Crippen MR) is 72.8 cm³/mol. The van der Waals surface area contributed by atoms with Crippen LogP contribution in [0.15, 0.2) is 18.3 Å². The van der Waals surface area contributed by atoms with E-state index in [4.69, 9.17) is 11.6 Å². The van der Waals surface area contributed by atoms with Crippen molar-refractivity contribution in [2.24, 2.45) is 0 Å². The molecule has 1 aliphatic heterocycles. The Kier molecular flexibility index (Phi) is 4.59. The lowest BCUT2D eigenvalue weighted by Crippen LogP contribution is -2.40. The summed E-state index contributed by atoms with van der Waals surface area (Å²) in [5, 5.41) is 0.566. The number of likely N-dealkylation sites (tertiary alicyclic amines) is 1. The summed E-state index contributed by atoms with van der Waals surface area (Å²) in [6.45, 7) is 2.98. The Morgan fingerprint density at radius 1 is 1.50 bits per heavy atom. The van der Waals surface area contributed by atoms with E-state index >= 15 is 0 Å². The van der Waals surface area contributed by atoms with Gasteiger partial charge in [-0.15, -0.1) is 0 Å². The Hall–Kier alpha value is -1.09. The maximum atomic E-state index is 12.5. The van der Waals surface area contributed by atoms with Crippen molar-refractivity contribution in [2.75, 3.05) is 6.54 Å². The quantitative estimate of drug-likeness (QED) is 0.820. The highest BCUT2D eigenvalue weighted by molar-refractivity contribution is 6.30. The summed E-state index contributed by atoms with van der Waals surface area (Å²) in [6.07, 6.45) is 7.21. The van der Waals surface area contributed by atoms with Crippen LogP contribution in [0.2, 0.25) is 5.02 Å². The summed E-state index contributed by atoms with van der Waals surface area (Å²) < 4.78 is 0. The van der Waals surface area contributed by atoms with E-state index < -0.39 is 0 Å². The Morgan fingerprint density at radius 3 is 3.06 bits per heavy atom. The second kappa shape index (κ2) is 6.19. The monoisotopic (exact) mass is 266 g/mol. The average Bonchev–Trinajstić information content (AvgIpc) is 2.62. The normalized spacial score (nSPS) is 20.6. The number of hydrogen-bond donors (Lipinski definition) is 0.